The Balaban J connectivity index is 1.32. The summed E-state index contributed by atoms with van der Waals surface area (Å²) in [6.45, 7) is 0.785. The number of carbonyl (C=O) groups excluding carboxylic acids is 1. The van der Waals surface area contributed by atoms with Gasteiger partial charge in [-0.15, -0.1) is 0 Å². The molecule has 2 aromatic rings. The molecule has 2 aliphatic rings. The van der Waals surface area contributed by atoms with Crippen LogP contribution in [-0.2, 0) is 12.7 Å². The summed E-state index contributed by atoms with van der Waals surface area (Å²) in [5.41, 5.74) is -0.397. The Morgan fingerprint density at radius 2 is 1.79 bits per heavy atom. The molecular weight excluding hydrogens is 383 g/mol. The largest absolute Gasteiger partial charge is 0.468 e. The molecule has 4 rings (SSSR count). The van der Waals surface area contributed by atoms with E-state index in [1.807, 2.05) is 12.1 Å². The number of nitrogens with one attached hydrogen (secondary N) is 2. The van der Waals surface area contributed by atoms with Crippen molar-refractivity contribution < 1.29 is 22.4 Å². The van der Waals surface area contributed by atoms with Gasteiger partial charge in [0.1, 0.15) is 5.76 Å². The van der Waals surface area contributed by atoms with Crippen molar-refractivity contribution in [2.75, 3.05) is 5.32 Å². The van der Waals surface area contributed by atoms with Gasteiger partial charge in [0, 0.05) is 23.8 Å². The van der Waals surface area contributed by atoms with Crippen LogP contribution >= 0.6 is 0 Å². The monoisotopic (exact) mass is 407 g/mol. The Morgan fingerprint density at radius 3 is 2.38 bits per heavy atom. The van der Waals surface area contributed by atoms with Gasteiger partial charge in [-0.25, -0.2) is 4.79 Å². The van der Waals surface area contributed by atoms with Gasteiger partial charge in [-0.05, 0) is 62.1 Å². The van der Waals surface area contributed by atoms with E-state index in [9.17, 15) is 18.0 Å². The third kappa shape index (κ3) is 4.75. The number of hydrogen-bond donors (Lipinski definition) is 2. The van der Waals surface area contributed by atoms with E-state index < -0.39 is 11.7 Å². The van der Waals surface area contributed by atoms with Crippen LogP contribution in [0.4, 0.5) is 23.7 Å². The maximum absolute atomic E-state index is 12.6. The molecule has 2 saturated heterocycles. The fourth-order valence-corrected chi connectivity index (χ4v) is 4.53. The molecule has 8 heteroatoms. The molecule has 2 N–H and O–H groups in total. The van der Waals surface area contributed by atoms with Crippen LogP contribution in [0.5, 0.6) is 0 Å². The molecule has 0 aliphatic carbocycles. The first-order valence-electron chi connectivity index (χ1n) is 9.91. The molecule has 2 aliphatic heterocycles. The predicted molar refractivity (Wildman–Crippen MR) is 102 cm³/mol. The molecule has 2 amide bonds. The number of rotatable bonds is 4. The lowest BCUT2D eigenvalue weighted by molar-refractivity contribution is -0.137. The van der Waals surface area contributed by atoms with Crippen molar-refractivity contribution >= 4 is 11.7 Å². The summed E-state index contributed by atoms with van der Waals surface area (Å²) >= 11 is 0. The Morgan fingerprint density at radius 1 is 1.10 bits per heavy atom. The molecule has 1 aromatic carbocycles. The van der Waals surface area contributed by atoms with Crippen LogP contribution in [0.1, 0.15) is 43.4 Å². The van der Waals surface area contributed by atoms with E-state index in [0.29, 0.717) is 17.8 Å². The number of urea groups is 1. The first kappa shape index (κ1) is 19.8. The predicted octanol–water partition coefficient (Wildman–Crippen LogP) is 5.01. The van der Waals surface area contributed by atoms with Gasteiger partial charge in [0.05, 0.1) is 18.4 Å². The van der Waals surface area contributed by atoms with E-state index in [1.165, 1.54) is 18.6 Å². The quantitative estimate of drug-likeness (QED) is 0.750. The molecule has 5 nitrogen and oxygen atoms in total. The van der Waals surface area contributed by atoms with Gasteiger partial charge in [-0.1, -0.05) is 6.42 Å². The zero-order chi connectivity index (χ0) is 20.4. The molecule has 0 saturated carbocycles. The second-order valence-corrected chi connectivity index (χ2v) is 7.83. The van der Waals surface area contributed by atoms with E-state index in [4.69, 9.17) is 4.42 Å². The topological polar surface area (TPSA) is 57.5 Å². The fraction of sp³-hybridized carbons (Fsp3) is 0.476. The first-order valence-corrected chi connectivity index (χ1v) is 9.91. The maximum atomic E-state index is 12.6. The molecule has 3 heterocycles. The van der Waals surface area contributed by atoms with Crippen LogP contribution in [0.15, 0.2) is 47.1 Å². The smallest absolute Gasteiger partial charge is 0.416 e. The molecule has 29 heavy (non-hydrogen) atoms. The molecule has 0 radical (unpaired) electrons. The zero-order valence-electron chi connectivity index (χ0n) is 15.9. The number of fused-ring (bicyclic) bond motifs is 2. The Hall–Kier alpha value is -2.48. The van der Waals surface area contributed by atoms with Crippen LogP contribution < -0.4 is 10.6 Å². The number of nitrogens with zero attached hydrogens (tertiary/aromatic N) is 1. The number of benzene rings is 1. The van der Waals surface area contributed by atoms with Crippen LogP contribution in [0.3, 0.4) is 0 Å². The Labute approximate surface area is 167 Å². The third-order valence-electron chi connectivity index (χ3n) is 5.85. The SMILES string of the molecule is O=C(Nc1ccc(C(F)(F)F)cc1)NC1CC2CCCC(C1)N2Cc1ccco1. The van der Waals surface area contributed by atoms with E-state index in [2.05, 4.69) is 15.5 Å². The van der Waals surface area contributed by atoms with Crippen molar-refractivity contribution in [1.29, 1.82) is 0 Å². The first-order chi connectivity index (χ1) is 13.9. The number of amides is 2. The standard InChI is InChI=1S/C21H24F3N3O2/c22-21(23,24)14-6-8-15(9-7-14)25-20(28)26-16-11-17-3-1-4-18(12-16)27(17)13-19-5-2-10-29-19/h2,5-10,16-18H,1,3-4,11-13H2,(H2,25,26,28). The van der Waals surface area contributed by atoms with Crippen molar-refractivity contribution in [2.45, 2.75) is 63.0 Å². The number of piperidine rings is 2. The van der Waals surface area contributed by atoms with Gasteiger partial charge in [0.15, 0.2) is 0 Å². The molecular formula is C21H24F3N3O2. The molecule has 0 spiro atoms. The minimum absolute atomic E-state index is 0.0487. The van der Waals surface area contributed by atoms with Crippen molar-refractivity contribution in [2.24, 2.45) is 0 Å². The summed E-state index contributed by atoms with van der Waals surface area (Å²) in [6, 6.07) is 8.79. The lowest BCUT2D eigenvalue weighted by Crippen LogP contribution is -2.56. The van der Waals surface area contributed by atoms with Crippen LogP contribution in [-0.4, -0.2) is 29.1 Å². The normalized spacial score (nSPS) is 24.9. The Bertz CT molecular complexity index is 807. The summed E-state index contributed by atoms with van der Waals surface area (Å²) in [5, 5.41) is 5.63. The minimum Gasteiger partial charge on any atom is -0.468 e. The third-order valence-corrected chi connectivity index (χ3v) is 5.85. The maximum Gasteiger partial charge on any atom is 0.416 e. The fourth-order valence-electron chi connectivity index (χ4n) is 4.53. The molecule has 2 atom stereocenters. The van der Waals surface area contributed by atoms with Gasteiger partial charge in [0.2, 0.25) is 0 Å². The van der Waals surface area contributed by atoms with E-state index in [1.54, 1.807) is 6.26 Å². The van der Waals surface area contributed by atoms with Gasteiger partial charge in [-0.2, -0.15) is 13.2 Å². The molecule has 2 bridgehead atoms. The van der Waals surface area contributed by atoms with Gasteiger partial charge >= 0.3 is 12.2 Å². The summed E-state index contributed by atoms with van der Waals surface area (Å²) in [5.74, 6) is 0.952. The van der Waals surface area contributed by atoms with Crippen LogP contribution in [0.2, 0.25) is 0 Å². The zero-order valence-corrected chi connectivity index (χ0v) is 15.9. The van der Waals surface area contributed by atoms with Gasteiger partial charge in [0.25, 0.3) is 0 Å². The summed E-state index contributed by atoms with van der Waals surface area (Å²) in [4.78, 5) is 14.8. The highest BCUT2D eigenvalue weighted by Crippen LogP contribution is 2.35. The van der Waals surface area contributed by atoms with Crippen LogP contribution in [0.25, 0.3) is 0 Å². The number of anilines is 1. The van der Waals surface area contributed by atoms with Crippen molar-refractivity contribution in [3.05, 3.63) is 54.0 Å². The Kier molecular flexibility index (Phi) is 5.54. The molecule has 156 valence electrons. The summed E-state index contributed by atoms with van der Waals surface area (Å²) < 4.78 is 43.4. The number of furan rings is 1. The van der Waals surface area contributed by atoms with E-state index in [0.717, 1.165) is 50.1 Å². The van der Waals surface area contributed by atoms with Crippen molar-refractivity contribution in [3.63, 3.8) is 0 Å². The molecule has 2 unspecified atom stereocenters. The van der Waals surface area contributed by atoms with Gasteiger partial charge < -0.3 is 15.1 Å². The molecule has 1 aromatic heterocycles. The highest BCUT2D eigenvalue weighted by molar-refractivity contribution is 5.89. The number of halogens is 3. The summed E-state index contributed by atoms with van der Waals surface area (Å²) in [7, 11) is 0. The molecule has 2 fully saturated rings. The lowest BCUT2D eigenvalue weighted by atomic mass is 9.81. The van der Waals surface area contributed by atoms with E-state index in [-0.39, 0.29) is 12.1 Å². The van der Waals surface area contributed by atoms with Crippen molar-refractivity contribution in [1.82, 2.24) is 10.2 Å². The highest BCUT2D eigenvalue weighted by Gasteiger charge is 2.39. The van der Waals surface area contributed by atoms with Gasteiger partial charge in [-0.3, -0.25) is 4.90 Å². The van der Waals surface area contributed by atoms with E-state index >= 15 is 0 Å². The number of carbonyl (C=O) groups is 1. The average molecular weight is 407 g/mol. The highest BCUT2D eigenvalue weighted by atomic mass is 19.4. The minimum atomic E-state index is -4.39. The second-order valence-electron chi connectivity index (χ2n) is 7.83. The average Bonchev–Trinajstić information content (AvgIpc) is 3.15. The summed E-state index contributed by atoms with van der Waals surface area (Å²) in [6.07, 6.45) is 2.39. The van der Waals surface area contributed by atoms with Crippen molar-refractivity contribution in [3.8, 4) is 0 Å². The number of hydrogen-bond acceptors (Lipinski definition) is 3. The second kappa shape index (κ2) is 8.10. The lowest BCUT2D eigenvalue weighted by Gasteiger charge is -2.48. The van der Waals surface area contributed by atoms with Crippen LogP contribution in [0, 0.1) is 0 Å². The number of alkyl halides is 3.